The Kier molecular flexibility index (Phi) is 4.94. The lowest BCUT2D eigenvalue weighted by Crippen LogP contribution is -2.48. The molecule has 2 aliphatic rings. The lowest BCUT2D eigenvalue weighted by molar-refractivity contribution is -0.384. The quantitative estimate of drug-likeness (QED) is 0.496. The van der Waals surface area contributed by atoms with Crippen LogP contribution in [0.2, 0.25) is 0 Å². The number of thiophene rings is 1. The third-order valence-corrected chi connectivity index (χ3v) is 6.25. The maximum absolute atomic E-state index is 11.2. The fourth-order valence-corrected chi connectivity index (χ4v) is 4.68. The summed E-state index contributed by atoms with van der Waals surface area (Å²) in [6, 6.07) is 15.3. The molecule has 30 heavy (non-hydrogen) atoms. The fraction of sp³-hybridized carbons (Fsp3) is 0.227. The number of nitrogens with one attached hydrogen (secondary N) is 1. The highest BCUT2D eigenvalue weighted by molar-refractivity contribution is 7.08. The molecule has 2 aliphatic heterocycles. The number of amidine groups is 1. The van der Waals surface area contributed by atoms with E-state index in [0.717, 1.165) is 55.5 Å². The zero-order valence-electron chi connectivity index (χ0n) is 16.3. The van der Waals surface area contributed by atoms with Gasteiger partial charge in [-0.15, -0.1) is 11.3 Å². The van der Waals surface area contributed by atoms with Crippen LogP contribution in [0, 0.1) is 10.1 Å². The van der Waals surface area contributed by atoms with Gasteiger partial charge in [0.25, 0.3) is 5.69 Å². The molecule has 7 nitrogen and oxygen atoms in total. The first-order valence-electron chi connectivity index (χ1n) is 9.89. The Bertz CT molecular complexity index is 1100. The van der Waals surface area contributed by atoms with E-state index >= 15 is 0 Å². The smallest absolute Gasteiger partial charge is 0.271 e. The zero-order valence-corrected chi connectivity index (χ0v) is 17.1. The summed E-state index contributed by atoms with van der Waals surface area (Å²) in [5.41, 5.74) is 4.79. The van der Waals surface area contributed by atoms with Crippen molar-refractivity contribution in [1.29, 1.82) is 0 Å². The van der Waals surface area contributed by atoms with Crippen LogP contribution in [-0.4, -0.2) is 46.7 Å². The Morgan fingerprint density at radius 3 is 2.60 bits per heavy atom. The van der Waals surface area contributed by atoms with Crippen LogP contribution in [0.15, 0.2) is 64.3 Å². The molecule has 0 atom stereocenters. The van der Waals surface area contributed by atoms with Gasteiger partial charge in [-0.05, 0) is 11.6 Å². The number of benzene rings is 2. The highest BCUT2D eigenvalue weighted by Gasteiger charge is 2.26. The largest absolute Gasteiger partial charge is 0.353 e. The highest BCUT2D eigenvalue weighted by Crippen LogP contribution is 2.38. The van der Waals surface area contributed by atoms with Crippen molar-refractivity contribution >= 4 is 39.9 Å². The van der Waals surface area contributed by atoms with Gasteiger partial charge in [-0.25, -0.2) is 4.99 Å². The van der Waals surface area contributed by atoms with Gasteiger partial charge in [-0.2, -0.15) is 0 Å². The molecule has 152 valence electrons. The average molecular weight is 420 g/mol. The summed E-state index contributed by atoms with van der Waals surface area (Å²) in [7, 11) is 0. The van der Waals surface area contributed by atoms with E-state index in [2.05, 4.69) is 44.8 Å². The molecule has 0 saturated carbocycles. The van der Waals surface area contributed by atoms with Crippen LogP contribution in [0.25, 0.3) is 0 Å². The van der Waals surface area contributed by atoms with Gasteiger partial charge in [-0.1, -0.05) is 30.3 Å². The monoisotopic (exact) mass is 419 g/mol. The van der Waals surface area contributed by atoms with E-state index in [1.54, 1.807) is 23.5 Å². The summed E-state index contributed by atoms with van der Waals surface area (Å²) in [4.78, 5) is 20.5. The summed E-state index contributed by atoms with van der Waals surface area (Å²) >= 11 is 1.61. The molecule has 1 fully saturated rings. The van der Waals surface area contributed by atoms with Crippen molar-refractivity contribution < 1.29 is 4.92 Å². The number of nitrogens with zero attached hydrogens (tertiary/aromatic N) is 4. The molecule has 3 aromatic rings. The molecule has 1 aromatic heterocycles. The van der Waals surface area contributed by atoms with E-state index in [1.807, 2.05) is 11.4 Å². The van der Waals surface area contributed by atoms with Gasteiger partial charge >= 0.3 is 0 Å². The van der Waals surface area contributed by atoms with Gasteiger partial charge in [0.1, 0.15) is 5.84 Å². The summed E-state index contributed by atoms with van der Waals surface area (Å²) in [5.74, 6) is 0.936. The SMILES string of the molecule is O=[N+]([O-])c1ccc2c(c1)Nc1cscc1C(N1CCN(Cc3ccccc3)CC1)=N2. The molecule has 1 N–H and O–H groups in total. The van der Waals surface area contributed by atoms with E-state index in [0.29, 0.717) is 5.69 Å². The number of rotatable bonds is 3. The summed E-state index contributed by atoms with van der Waals surface area (Å²) in [5, 5.41) is 18.6. The minimum atomic E-state index is -0.377. The third kappa shape index (κ3) is 3.67. The Balaban J connectivity index is 1.39. The van der Waals surface area contributed by atoms with Crippen LogP contribution in [0.4, 0.5) is 22.7 Å². The lowest BCUT2D eigenvalue weighted by atomic mass is 10.2. The number of aliphatic imine (C=N–C) groups is 1. The molecule has 1 saturated heterocycles. The second-order valence-corrected chi connectivity index (χ2v) is 8.21. The molecule has 0 bridgehead atoms. The topological polar surface area (TPSA) is 74.0 Å². The minimum Gasteiger partial charge on any atom is -0.353 e. The van der Waals surface area contributed by atoms with Gasteiger partial charge < -0.3 is 10.2 Å². The molecule has 3 heterocycles. The Morgan fingerprint density at radius 1 is 1.03 bits per heavy atom. The number of anilines is 2. The normalized spacial score (nSPS) is 16.1. The minimum absolute atomic E-state index is 0.0613. The van der Waals surface area contributed by atoms with Crippen LogP contribution in [0.1, 0.15) is 11.1 Å². The number of non-ortho nitro benzene ring substituents is 1. The molecule has 0 spiro atoms. The molecule has 5 rings (SSSR count). The van der Waals surface area contributed by atoms with Crippen LogP contribution in [0.3, 0.4) is 0 Å². The molecular formula is C22H21N5O2S. The first-order chi connectivity index (χ1) is 14.7. The van der Waals surface area contributed by atoms with E-state index in [4.69, 9.17) is 4.99 Å². The van der Waals surface area contributed by atoms with Crippen molar-refractivity contribution in [3.63, 3.8) is 0 Å². The Hall–Kier alpha value is -3.23. The molecular weight excluding hydrogens is 398 g/mol. The number of nitro benzene ring substituents is 1. The van der Waals surface area contributed by atoms with E-state index in [-0.39, 0.29) is 10.6 Å². The number of nitro groups is 1. The van der Waals surface area contributed by atoms with Crippen LogP contribution in [0.5, 0.6) is 0 Å². The highest BCUT2D eigenvalue weighted by atomic mass is 32.1. The van der Waals surface area contributed by atoms with Crippen LogP contribution < -0.4 is 5.32 Å². The van der Waals surface area contributed by atoms with Gasteiger partial charge in [0.15, 0.2) is 0 Å². The third-order valence-electron chi connectivity index (χ3n) is 5.51. The fourth-order valence-electron chi connectivity index (χ4n) is 3.92. The van der Waals surface area contributed by atoms with Crippen LogP contribution in [-0.2, 0) is 6.54 Å². The van der Waals surface area contributed by atoms with Gasteiger partial charge in [-0.3, -0.25) is 15.0 Å². The number of fused-ring (bicyclic) bond motifs is 2. The van der Waals surface area contributed by atoms with Crippen molar-refractivity contribution in [2.75, 3.05) is 31.5 Å². The predicted octanol–water partition coefficient (Wildman–Crippen LogP) is 4.61. The summed E-state index contributed by atoms with van der Waals surface area (Å²) in [6.45, 7) is 4.67. The lowest BCUT2D eigenvalue weighted by Gasteiger charge is -2.36. The van der Waals surface area contributed by atoms with E-state index in [1.165, 1.54) is 11.6 Å². The number of piperazine rings is 1. The molecule has 2 aromatic carbocycles. The van der Waals surface area contributed by atoms with E-state index < -0.39 is 0 Å². The average Bonchev–Trinajstić information content (AvgIpc) is 3.16. The zero-order chi connectivity index (χ0) is 20.5. The Labute approximate surface area is 178 Å². The first kappa shape index (κ1) is 18.8. The van der Waals surface area contributed by atoms with Gasteiger partial charge in [0, 0.05) is 55.6 Å². The summed E-state index contributed by atoms with van der Waals surface area (Å²) in [6.07, 6.45) is 0. The van der Waals surface area contributed by atoms with Crippen molar-refractivity contribution in [2.45, 2.75) is 6.54 Å². The van der Waals surface area contributed by atoms with E-state index in [9.17, 15) is 10.1 Å². The van der Waals surface area contributed by atoms with Crippen LogP contribution >= 0.6 is 11.3 Å². The number of hydrogen-bond acceptors (Lipinski definition) is 7. The molecule has 8 heteroatoms. The molecule has 0 unspecified atom stereocenters. The van der Waals surface area contributed by atoms with Crippen molar-refractivity contribution in [2.24, 2.45) is 4.99 Å². The Morgan fingerprint density at radius 2 is 1.83 bits per heavy atom. The maximum Gasteiger partial charge on any atom is 0.271 e. The van der Waals surface area contributed by atoms with Gasteiger partial charge in [0.05, 0.1) is 27.5 Å². The molecule has 0 aliphatic carbocycles. The summed E-state index contributed by atoms with van der Waals surface area (Å²) < 4.78 is 0. The first-order valence-corrected chi connectivity index (χ1v) is 10.8. The standard InChI is InChI=1S/C22H21N5O2S/c28-27(29)17-6-7-19-20(12-17)23-21-15-30-14-18(21)22(24-19)26-10-8-25(9-11-26)13-16-4-2-1-3-5-16/h1-7,12,14-15,23H,8-11,13H2. The molecule has 0 amide bonds. The second-order valence-electron chi connectivity index (χ2n) is 7.47. The molecule has 0 radical (unpaired) electrons. The second kappa shape index (κ2) is 7.89. The van der Waals surface area contributed by atoms with Crippen molar-refractivity contribution in [1.82, 2.24) is 9.80 Å². The van der Waals surface area contributed by atoms with Gasteiger partial charge in [0.2, 0.25) is 0 Å². The van der Waals surface area contributed by atoms with Crippen molar-refractivity contribution in [3.8, 4) is 0 Å². The number of hydrogen-bond donors (Lipinski definition) is 1. The predicted molar refractivity (Wildman–Crippen MR) is 120 cm³/mol. The van der Waals surface area contributed by atoms with Crippen molar-refractivity contribution in [3.05, 3.63) is 80.5 Å². The maximum atomic E-state index is 11.2.